The first-order valence-corrected chi connectivity index (χ1v) is 4.00. The molecule has 0 saturated carbocycles. The van der Waals surface area contributed by atoms with Crippen molar-refractivity contribution in [2.45, 2.75) is 12.4 Å². The molecule has 0 bridgehead atoms. The van der Waals surface area contributed by atoms with Gasteiger partial charge in [0.2, 0.25) is 0 Å². The van der Waals surface area contributed by atoms with Crippen molar-refractivity contribution in [2.24, 2.45) is 0 Å². The number of hydrogen-bond donors (Lipinski definition) is 3. The van der Waals surface area contributed by atoms with Crippen LogP contribution >= 0.6 is 12.6 Å². The third kappa shape index (κ3) is 1.80. The number of nitrogens with one attached hydrogen (secondary N) is 2. The fourth-order valence-corrected chi connectivity index (χ4v) is 1.24. The van der Waals surface area contributed by atoms with Crippen LogP contribution in [-0.4, -0.2) is 5.50 Å². The summed E-state index contributed by atoms with van der Waals surface area (Å²) in [7, 11) is 0. The molecule has 1 atom stereocenters. The van der Waals surface area contributed by atoms with Gasteiger partial charge in [-0.05, 0) is 19.1 Å². The molecule has 1 rings (SSSR count). The van der Waals surface area contributed by atoms with E-state index in [1.807, 2.05) is 19.1 Å². The lowest BCUT2D eigenvalue weighted by molar-refractivity contribution is 0.756. The zero-order valence-electron chi connectivity index (χ0n) is 6.46. The summed E-state index contributed by atoms with van der Waals surface area (Å²) in [6.07, 6.45) is 5.73. The molecule has 0 aliphatic carbocycles. The SMILES string of the molecule is C=CC1=C(/C=C\C)NC(S)N1. The minimum Gasteiger partial charge on any atom is -0.355 e. The van der Waals surface area contributed by atoms with Crippen molar-refractivity contribution in [2.75, 3.05) is 0 Å². The van der Waals surface area contributed by atoms with Gasteiger partial charge in [-0.1, -0.05) is 12.7 Å². The van der Waals surface area contributed by atoms with Gasteiger partial charge in [-0.25, -0.2) is 0 Å². The molecule has 0 spiro atoms. The maximum atomic E-state index is 4.21. The Morgan fingerprint density at radius 1 is 1.45 bits per heavy atom. The lowest BCUT2D eigenvalue weighted by Crippen LogP contribution is -2.26. The molecule has 2 nitrogen and oxygen atoms in total. The molecule has 60 valence electrons. The molecule has 1 heterocycles. The first kappa shape index (κ1) is 8.27. The van der Waals surface area contributed by atoms with Crippen LogP contribution in [0.15, 0.2) is 36.2 Å². The normalized spacial score (nSPS) is 23.6. The Kier molecular flexibility index (Phi) is 2.65. The van der Waals surface area contributed by atoms with E-state index in [-0.39, 0.29) is 5.50 Å². The van der Waals surface area contributed by atoms with Crippen molar-refractivity contribution in [1.29, 1.82) is 0 Å². The first-order chi connectivity index (χ1) is 5.27. The van der Waals surface area contributed by atoms with Crippen LogP contribution in [-0.2, 0) is 0 Å². The van der Waals surface area contributed by atoms with Crippen LogP contribution in [0, 0.1) is 0 Å². The van der Waals surface area contributed by atoms with Crippen LogP contribution < -0.4 is 10.6 Å². The van der Waals surface area contributed by atoms with Crippen molar-refractivity contribution in [3.63, 3.8) is 0 Å². The lowest BCUT2D eigenvalue weighted by Gasteiger charge is -2.03. The van der Waals surface area contributed by atoms with Crippen LogP contribution in [0.2, 0.25) is 0 Å². The Balaban J connectivity index is 2.79. The molecule has 11 heavy (non-hydrogen) atoms. The highest BCUT2D eigenvalue weighted by Gasteiger charge is 2.13. The highest BCUT2D eigenvalue weighted by atomic mass is 32.1. The number of allylic oxidation sites excluding steroid dienone is 3. The number of rotatable bonds is 2. The highest BCUT2D eigenvalue weighted by Crippen LogP contribution is 2.11. The van der Waals surface area contributed by atoms with E-state index in [0.29, 0.717) is 0 Å². The van der Waals surface area contributed by atoms with Gasteiger partial charge in [0, 0.05) is 0 Å². The fraction of sp³-hybridized carbons (Fsp3) is 0.250. The van der Waals surface area contributed by atoms with Gasteiger partial charge in [-0.2, -0.15) is 0 Å². The quantitative estimate of drug-likeness (QED) is 0.542. The van der Waals surface area contributed by atoms with Gasteiger partial charge in [0.25, 0.3) is 0 Å². The van der Waals surface area contributed by atoms with Gasteiger partial charge in [-0.15, -0.1) is 12.6 Å². The topological polar surface area (TPSA) is 24.1 Å². The second-order valence-electron chi connectivity index (χ2n) is 2.22. The van der Waals surface area contributed by atoms with Gasteiger partial charge in [0.1, 0.15) is 5.50 Å². The molecule has 0 aromatic heterocycles. The van der Waals surface area contributed by atoms with Gasteiger partial charge in [0.15, 0.2) is 0 Å². The molecule has 0 saturated heterocycles. The van der Waals surface area contributed by atoms with E-state index in [9.17, 15) is 0 Å². The zero-order chi connectivity index (χ0) is 8.27. The van der Waals surface area contributed by atoms with Crippen LogP contribution in [0.4, 0.5) is 0 Å². The van der Waals surface area contributed by atoms with Crippen LogP contribution in [0.25, 0.3) is 0 Å². The Labute approximate surface area is 72.5 Å². The van der Waals surface area contributed by atoms with Crippen molar-refractivity contribution >= 4 is 12.6 Å². The summed E-state index contributed by atoms with van der Waals surface area (Å²) in [5.74, 6) is 0. The van der Waals surface area contributed by atoms with E-state index in [0.717, 1.165) is 11.4 Å². The van der Waals surface area contributed by atoms with Gasteiger partial charge >= 0.3 is 0 Å². The van der Waals surface area contributed by atoms with Crippen LogP contribution in [0.5, 0.6) is 0 Å². The Morgan fingerprint density at radius 2 is 2.09 bits per heavy atom. The summed E-state index contributed by atoms with van der Waals surface area (Å²) in [5, 5.41) is 6.23. The summed E-state index contributed by atoms with van der Waals surface area (Å²) in [4.78, 5) is 0. The van der Waals surface area contributed by atoms with E-state index in [2.05, 4.69) is 29.8 Å². The maximum absolute atomic E-state index is 4.21. The van der Waals surface area contributed by atoms with E-state index in [4.69, 9.17) is 0 Å². The molecule has 0 aromatic carbocycles. The van der Waals surface area contributed by atoms with E-state index in [1.54, 1.807) is 6.08 Å². The Morgan fingerprint density at radius 3 is 2.64 bits per heavy atom. The molecule has 1 unspecified atom stereocenters. The Hall–Kier alpha value is -0.830. The lowest BCUT2D eigenvalue weighted by atomic mass is 10.3. The third-order valence-corrected chi connectivity index (χ3v) is 1.67. The minimum atomic E-state index is 0.00852. The molecule has 2 N–H and O–H groups in total. The van der Waals surface area contributed by atoms with Crippen molar-refractivity contribution in [1.82, 2.24) is 10.6 Å². The van der Waals surface area contributed by atoms with Crippen LogP contribution in [0.3, 0.4) is 0 Å². The second kappa shape index (κ2) is 3.53. The predicted molar refractivity (Wildman–Crippen MR) is 51.1 cm³/mol. The molecular formula is C8H12N2S. The Bertz CT molecular complexity index is 218. The molecule has 1 aliphatic rings. The first-order valence-electron chi connectivity index (χ1n) is 3.48. The molecule has 0 aromatic rings. The standard InChI is InChI=1S/C8H12N2S/c1-3-5-7-6(4-2)9-8(11)10-7/h3-5,8-11H,2H2,1H3/b5-3-. The summed E-state index contributed by atoms with van der Waals surface area (Å²) >= 11 is 4.21. The summed E-state index contributed by atoms with van der Waals surface area (Å²) in [5.41, 5.74) is 2.06. The van der Waals surface area contributed by atoms with Gasteiger partial charge < -0.3 is 10.6 Å². The minimum absolute atomic E-state index is 0.00852. The van der Waals surface area contributed by atoms with E-state index >= 15 is 0 Å². The number of hydrogen-bond acceptors (Lipinski definition) is 3. The predicted octanol–water partition coefficient (Wildman–Crippen LogP) is 1.37. The van der Waals surface area contributed by atoms with E-state index in [1.165, 1.54) is 0 Å². The average molecular weight is 168 g/mol. The molecule has 0 amide bonds. The summed E-state index contributed by atoms with van der Waals surface area (Å²) in [6.45, 7) is 5.65. The molecule has 0 fully saturated rings. The van der Waals surface area contributed by atoms with Crippen molar-refractivity contribution in [3.8, 4) is 0 Å². The van der Waals surface area contributed by atoms with Crippen molar-refractivity contribution in [3.05, 3.63) is 36.2 Å². The smallest absolute Gasteiger partial charge is 0.143 e. The largest absolute Gasteiger partial charge is 0.355 e. The molecule has 3 heteroatoms. The maximum Gasteiger partial charge on any atom is 0.143 e. The molecule has 0 radical (unpaired) electrons. The highest BCUT2D eigenvalue weighted by molar-refractivity contribution is 7.80. The summed E-state index contributed by atoms with van der Waals surface area (Å²) < 4.78 is 0. The van der Waals surface area contributed by atoms with Gasteiger partial charge in [-0.3, -0.25) is 0 Å². The number of thiol groups is 1. The molecular weight excluding hydrogens is 156 g/mol. The van der Waals surface area contributed by atoms with Crippen molar-refractivity contribution < 1.29 is 0 Å². The average Bonchev–Trinajstić information content (AvgIpc) is 2.32. The van der Waals surface area contributed by atoms with Crippen LogP contribution in [0.1, 0.15) is 6.92 Å². The summed E-state index contributed by atoms with van der Waals surface area (Å²) in [6, 6.07) is 0. The second-order valence-corrected chi connectivity index (χ2v) is 2.74. The molecule has 1 aliphatic heterocycles. The fourth-order valence-electron chi connectivity index (χ4n) is 0.960. The van der Waals surface area contributed by atoms with E-state index < -0.39 is 0 Å². The van der Waals surface area contributed by atoms with Gasteiger partial charge in [0.05, 0.1) is 11.4 Å². The third-order valence-electron chi connectivity index (χ3n) is 1.41. The zero-order valence-corrected chi connectivity index (χ0v) is 7.36. The monoisotopic (exact) mass is 168 g/mol.